The molecule has 18 heavy (non-hydrogen) atoms. The lowest BCUT2D eigenvalue weighted by Crippen LogP contribution is -2.46. The van der Waals surface area contributed by atoms with Crippen LogP contribution in [-0.2, 0) is 14.2 Å². The molecule has 0 saturated carbocycles. The Hall–Kier alpha value is -0.890. The van der Waals surface area contributed by atoms with Crippen LogP contribution < -0.4 is 16.8 Å². The van der Waals surface area contributed by atoms with Crippen LogP contribution in [0.15, 0.2) is 0 Å². The summed E-state index contributed by atoms with van der Waals surface area (Å²) in [5.74, 6) is 0. The van der Waals surface area contributed by atoms with Gasteiger partial charge in [0.2, 0.25) is 0 Å². The van der Waals surface area contributed by atoms with E-state index >= 15 is 0 Å². The van der Waals surface area contributed by atoms with Crippen LogP contribution in [0.2, 0.25) is 0 Å². The van der Waals surface area contributed by atoms with Crippen molar-refractivity contribution in [2.45, 2.75) is 32.5 Å². The molecule has 0 aliphatic heterocycles. The van der Waals surface area contributed by atoms with Crippen LogP contribution >= 0.6 is 0 Å². The molecule has 1 unspecified atom stereocenters. The summed E-state index contributed by atoms with van der Waals surface area (Å²) in [4.78, 5) is 11.3. The number of nitrogens with one attached hydrogen (secondary N) is 1. The van der Waals surface area contributed by atoms with Gasteiger partial charge in [0, 0.05) is 6.54 Å². The molecule has 108 valence electrons. The van der Waals surface area contributed by atoms with Crippen LogP contribution in [0.3, 0.4) is 0 Å². The van der Waals surface area contributed by atoms with Crippen molar-refractivity contribution in [3.63, 3.8) is 0 Å². The topological polar surface area (TPSA) is 109 Å². The van der Waals surface area contributed by atoms with E-state index in [1.54, 1.807) is 20.8 Å². The van der Waals surface area contributed by atoms with Crippen molar-refractivity contribution in [3.8, 4) is 0 Å². The summed E-state index contributed by atoms with van der Waals surface area (Å²) in [5.41, 5.74) is 10.3. The number of ether oxygens (including phenoxy) is 3. The molecule has 7 heteroatoms. The minimum absolute atomic E-state index is 0.200. The SMILES string of the molecule is CC(C)(C)OC(=O)NC(N)COCCOCCN. The Morgan fingerprint density at radius 1 is 1.22 bits per heavy atom. The molecule has 0 fully saturated rings. The van der Waals surface area contributed by atoms with Gasteiger partial charge in [-0.1, -0.05) is 0 Å². The van der Waals surface area contributed by atoms with Gasteiger partial charge in [0.1, 0.15) is 11.8 Å². The van der Waals surface area contributed by atoms with Crippen LogP contribution in [0, 0.1) is 0 Å². The molecule has 0 rings (SSSR count). The van der Waals surface area contributed by atoms with E-state index in [0.717, 1.165) is 0 Å². The van der Waals surface area contributed by atoms with Crippen molar-refractivity contribution >= 4 is 6.09 Å². The molecule has 0 heterocycles. The predicted octanol–water partition coefficient (Wildman–Crippen LogP) is -0.212. The second kappa shape index (κ2) is 9.09. The van der Waals surface area contributed by atoms with Crippen molar-refractivity contribution in [2.24, 2.45) is 11.5 Å². The van der Waals surface area contributed by atoms with Crippen molar-refractivity contribution < 1.29 is 19.0 Å². The number of nitrogens with two attached hydrogens (primary N) is 2. The van der Waals surface area contributed by atoms with Gasteiger partial charge in [-0.15, -0.1) is 0 Å². The first-order valence-corrected chi connectivity index (χ1v) is 5.96. The molecule has 0 saturated heterocycles. The maximum atomic E-state index is 11.3. The third-order valence-electron chi connectivity index (χ3n) is 1.63. The summed E-state index contributed by atoms with van der Waals surface area (Å²) >= 11 is 0. The normalized spacial score (nSPS) is 13.2. The van der Waals surface area contributed by atoms with E-state index in [9.17, 15) is 4.79 Å². The molecule has 0 aliphatic rings. The van der Waals surface area contributed by atoms with Gasteiger partial charge < -0.3 is 31.0 Å². The van der Waals surface area contributed by atoms with E-state index in [0.29, 0.717) is 26.4 Å². The van der Waals surface area contributed by atoms with Gasteiger partial charge in [-0.2, -0.15) is 0 Å². The van der Waals surface area contributed by atoms with Crippen molar-refractivity contribution in [1.82, 2.24) is 5.32 Å². The van der Waals surface area contributed by atoms with E-state index in [-0.39, 0.29) is 6.61 Å². The Morgan fingerprint density at radius 2 is 1.83 bits per heavy atom. The molecule has 0 radical (unpaired) electrons. The summed E-state index contributed by atoms with van der Waals surface area (Å²) < 4.78 is 15.4. The summed E-state index contributed by atoms with van der Waals surface area (Å²) in [7, 11) is 0. The number of alkyl carbamates (subject to hydrolysis) is 1. The Bertz CT molecular complexity index is 231. The van der Waals surface area contributed by atoms with Gasteiger partial charge in [-0.3, -0.25) is 0 Å². The average molecular weight is 263 g/mol. The second-order valence-electron chi connectivity index (χ2n) is 4.73. The molecular formula is C11H25N3O4. The monoisotopic (exact) mass is 263 g/mol. The van der Waals surface area contributed by atoms with Crippen LogP contribution in [0.5, 0.6) is 0 Å². The van der Waals surface area contributed by atoms with E-state index in [2.05, 4.69) is 5.32 Å². The highest BCUT2D eigenvalue weighted by atomic mass is 16.6. The number of carbonyl (C=O) groups excluding carboxylic acids is 1. The molecule has 0 aliphatic carbocycles. The standard InChI is InChI=1S/C11H25N3O4/c1-11(2,3)18-10(15)14-9(13)8-17-7-6-16-5-4-12/h9H,4-8,12-13H2,1-3H3,(H,14,15). The number of amides is 1. The van der Waals surface area contributed by atoms with Gasteiger partial charge >= 0.3 is 6.09 Å². The summed E-state index contributed by atoms with van der Waals surface area (Å²) in [6.45, 7) is 7.40. The maximum absolute atomic E-state index is 11.3. The van der Waals surface area contributed by atoms with Crippen LogP contribution in [0.1, 0.15) is 20.8 Å². The number of rotatable bonds is 8. The highest BCUT2D eigenvalue weighted by Crippen LogP contribution is 2.06. The first-order chi connectivity index (χ1) is 8.35. The molecule has 1 atom stereocenters. The number of carbonyl (C=O) groups is 1. The molecule has 5 N–H and O–H groups in total. The maximum Gasteiger partial charge on any atom is 0.408 e. The van der Waals surface area contributed by atoms with Crippen molar-refractivity contribution in [3.05, 3.63) is 0 Å². The first kappa shape index (κ1) is 17.1. The van der Waals surface area contributed by atoms with Gasteiger partial charge in [-0.05, 0) is 20.8 Å². The number of hydrogen-bond acceptors (Lipinski definition) is 6. The fourth-order valence-corrected chi connectivity index (χ4v) is 1.01. The van der Waals surface area contributed by atoms with Crippen molar-refractivity contribution in [1.29, 1.82) is 0 Å². The van der Waals surface area contributed by atoms with Crippen LogP contribution in [-0.4, -0.2) is 50.8 Å². The molecule has 0 aromatic carbocycles. The zero-order valence-electron chi connectivity index (χ0n) is 11.4. The van der Waals surface area contributed by atoms with E-state index in [4.69, 9.17) is 25.7 Å². The molecular weight excluding hydrogens is 238 g/mol. The first-order valence-electron chi connectivity index (χ1n) is 5.96. The smallest absolute Gasteiger partial charge is 0.408 e. The van der Waals surface area contributed by atoms with Gasteiger partial charge in [0.05, 0.1) is 26.4 Å². The summed E-state index contributed by atoms with van der Waals surface area (Å²) in [6.07, 6.45) is -1.16. The molecule has 7 nitrogen and oxygen atoms in total. The van der Waals surface area contributed by atoms with E-state index in [1.165, 1.54) is 0 Å². The largest absolute Gasteiger partial charge is 0.444 e. The van der Waals surface area contributed by atoms with E-state index < -0.39 is 17.9 Å². The van der Waals surface area contributed by atoms with Gasteiger partial charge in [0.15, 0.2) is 0 Å². The Balaban J connectivity index is 3.53. The minimum atomic E-state index is -0.602. The second-order valence-corrected chi connectivity index (χ2v) is 4.73. The lowest BCUT2D eigenvalue weighted by molar-refractivity contribution is 0.0314. The van der Waals surface area contributed by atoms with Gasteiger partial charge in [-0.25, -0.2) is 4.79 Å². The fourth-order valence-electron chi connectivity index (χ4n) is 1.01. The zero-order chi connectivity index (χ0) is 14.0. The minimum Gasteiger partial charge on any atom is -0.444 e. The quantitative estimate of drug-likeness (QED) is 0.413. The predicted molar refractivity (Wildman–Crippen MR) is 68.0 cm³/mol. The highest BCUT2D eigenvalue weighted by Gasteiger charge is 2.17. The Labute approximate surface area is 108 Å². The lowest BCUT2D eigenvalue weighted by Gasteiger charge is -2.21. The highest BCUT2D eigenvalue weighted by molar-refractivity contribution is 5.67. The lowest BCUT2D eigenvalue weighted by atomic mass is 10.2. The summed E-state index contributed by atoms with van der Waals surface area (Å²) in [5, 5.41) is 2.47. The van der Waals surface area contributed by atoms with Gasteiger partial charge in [0.25, 0.3) is 0 Å². The molecule has 0 aromatic rings. The Kier molecular flexibility index (Phi) is 8.65. The van der Waals surface area contributed by atoms with Crippen LogP contribution in [0.4, 0.5) is 4.79 Å². The average Bonchev–Trinajstić information content (AvgIpc) is 2.20. The molecule has 1 amide bonds. The fraction of sp³-hybridized carbons (Fsp3) is 0.909. The zero-order valence-corrected chi connectivity index (χ0v) is 11.4. The molecule has 0 bridgehead atoms. The van der Waals surface area contributed by atoms with Crippen LogP contribution in [0.25, 0.3) is 0 Å². The molecule has 0 spiro atoms. The third kappa shape index (κ3) is 11.6. The van der Waals surface area contributed by atoms with Crippen molar-refractivity contribution in [2.75, 3.05) is 33.0 Å². The molecule has 0 aromatic heterocycles. The Morgan fingerprint density at radius 3 is 2.39 bits per heavy atom. The van der Waals surface area contributed by atoms with E-state index in [1.807, 2.05) is 0 Å². The third-order valence-corrected chi connectivity index (χ3v) is 1.63. The summed E-state index contributed by atoms with van der Waals surface area (Å²) in [6, 6.07) is 0. The number of hydrogen-bond donors (Lipinski definition) is 3.